The molecule has 3 heteroatoms. The van der Waals surface area contributed by atoms with Crippen LogP contribution in [0.15, 0.2) is 42.5 Å². The standard InChI is InChI=1S/C15H16ClN.ClH/c1-10-3-8-14(11(2)9-10)15(17)12-4-6-13(16)7-5-12;/h3-9,15H,17H2,1-2H3;1H. The number of aryl methyl sites for hydroxylation is 2. The molecule has 0 spiro atoms. The second kappa shape index (κ2) is 6.24. The summed E-state index contributed by atoms with van der Waals surface area (Å²) in [7, 11) is 0. The molecule has 0 saturated carbocycles. The van der Waals surface area contributed by atoms with Crippen LogP contribution in [0.2, 0.25) is 5.02 Å². The summed E-state index contributed by atoms with van der Waals surface area (Å²) in [6.45, 7) is 4.18. The van der Waals surface area contributed by atoms with Crippen molar-refractivity contribution in [3.8, 4) is 0 Å². The van der Waals surface area contributed by atoms with E-state index in [-0.39, 0.29) is 18.4 Å². The average Bonchev–Trinajstić information content (AvgIpc) is 2.29. The largest absolute Gasteiger partial charge is 0.320 e. The molecule has 0 aliphatic rings. The van der Waals surface area contributed by atoms with E-state index in [9.17, 15) is 0 Å². The third-order valence-corrected chi connectivity index (χ3v) is 3.24. The van der Waals surface area contributed by atoms with Crippen LogP contribution in [0.3, 0.4) is 0 Å². The van der Waals surface area contributed by atoms with Gasteiger partial charge in [0.25, 0.3) is 0 Å². The van der Waals surface area contributed by atoms with Gasteiger partial charge in [-0.1, -0.05) is 47.5 Å². The summed E-state index contributed by atoms with van der Waals surface area (Å²) in [6, 6.07) is 14.0. The van der Waals surface area contributed by atoms with E-state index >= 15 is 0 Å². The van der Waals surface area contributed by atoms with Crippen molar-refractivity contribution in [2.75, 3.05) is 0 Å². The Morgan fingerprint density at radius 2 is 1.61 bits per heavy atom. The van der Waals surface area contributed by atoms with Crippen LogP contribution < -0.4 is 5.73 Å². The van der Waals surface area contributed by atoms with Crippen molar-refractivity contribution in [1.82, 2.24) is 0 Å². The molecular weight excluding hydrogens is 265 g/mol. The molecule has 2 N–H and O–H groups in total. The summed E-state index contributed by atoms with van der Waals surface area (Å²) in [5.74, 6) is 0. The second-order valence-corrected chi connectivity index (χ2v) is 4.83. The Hall–Kier alpha value is -1.02. The Morgan fingerprint density at radius 3 is 2.17 bits per heavy atom. The van der Waals surface area contributed by atoms with Crippen LogP contribution in [0, 0.1) is 13.8 Å². The predicted octanol–water partition coefficient (Wildman–Crippen LogP) is 4.43. The van der Waals surface area contributed by atoms with Crippen molar-refractivity contribution in [2.24, 2.45) is 5.73 Å². The lowest BCUT2D eigenvalue weighted by Gasteiger charge is -2.15. The SMILES string of the molecule is Cc1ccc(C(N)c2ccc(Cl)cc2)c(C)c1.Cl. The van der Waals surface area contributed by atoms with Gasteiger partial charge in [0.1, 0.15) is 0 Å². The highest BCUT2D eigenvalue weighted by atomic mass is 35.5. The molecule has 0 fully saturated rings. The van der Waals surface area contributed by atoms with E-state index in [1.54, 1.807) is 0 Å². The second-order valence-electron chi connectivity index (χ2n) is 4.39. The lowest BCUT2D eigenvalue weighted by atomic mass is 9.95. The molecular formula is C15H17Cl2N. The summed E-state index contributed by atoms with van der Waals surface area (Å²) in [5, 5.41) is 0.738. The van der Waals surface area contributed by atoms with Crippen LogP contribution in [-0.2, 0) is 0 Å². The molecule has 0 aliphatic heterocycles. The van der Waals surface area contributed by atoms with E-state index in [0.29, 0.717) is 0 Å². The number of rotatable bonds is 2. The maximum atomic E-state index is 6.27. The molecule has 18 heavy (non-hydrogen) atoms. The van der Waals surface area contributed by atoms with E-state index in [0.717, 1.165) is 16.1 Å². The molecule has 0 heterocycles. The third kappa shape index (κ3) is 3.26. The molecule has 1 atom stereocenters. The molecule has 0 aliphatic carbocycles. The molecule has 0 saturated heterocycles. The number of nitrogens with two attached hydrogens (primary N) is 1. The highest BCUT2D eigenvalue weighted by molar-refractivity contribution is 6.30. The Morgan fingerprint density at radius 1 is 1.00 bits per heavy atom. The maximum Gasteiger partial charge on any atom is 0.0554 e. The Bertz CT molecular complexity index is 521. The highest BCUT2D eigenvalue weighted by Crippen LogP contribution is 2.24. The quantitative estimate of drug-likeness (QED) is 0.866. The Labute approximate surface area is 119 Å². The van der Waals surface area contributed by atoms with E-state index in [2.05, 4.69) is 32.0 Å². The van der Waals surface area contributed by atoms with Crippen LogP contribution >= 0.6 is 24.0 Å². The number of hydrogen-bond acceptors (Lipinski definition) is 1. The molecule has 0 bridgehead atoms. The predicted molar refractivity (Wildman–Crippen MR) is 80.6 cm³/mol. The third-order valence-electron chi connectivity index (χ3n) is 2.99. The van der Waals surface area contributed by atoms with Crippen molar-refractivity contribution in [2.45, 2.75) is 19.9 Å². The number of benzene rings is 2. The van der Waals surface area contributed by atoms with Gasteiger partial charge in [0.05, 0.1) is 6.04 Å². The van der Waals surface area contributed by atoms with Crippen LogP contribution in [-0.4, -0.2) is 0 Å². The average molecular weight is 282 g/mol. The summed E-state index contributed by atoms with van der Waals surface area (Å²) in [5.41, 5.74) is 11.0. The van der Waals surface area contributed by atoms with Crippen molar-refractivity contribution < 1.29 is 0 Å². The molecule has 96 valence electrons. The maximum absolute atomic E-state index is 6.27. The van der Waals surface area contributed by atoms with Crippen LogP contribution in [0.25, 0.3) is 0 Å². The van der Waals surface area contributed by atoms with Gasteiger partial charge >= 0.3 is 0 Å². The lowest BCUT2D eigenvalue weighted by molar-refractivity contribution is 0.861. The first-order valence-corrected chi connectivity index (χ1v) is 6.04. The topological polar surface area (TPSA) is 26.0 Å². The van der Waals surface area contributed by atoms with Gasteiger partial charge in [0, 0.05) is 5.02 Å². The number of halogens is 2. The molecule has 2 rings (SSSR count). The first-order chi connectivity index (χ1) is 8.08. The highest BCUT2D eigenvalue weighted by Gasteiger charge is 2.11. The van der Waals surface area contributed by atoms with Gasteiger partial charge in [0.2, 0.25) is 0 Å². The van der Waals surface area contributed by atoms with Crippen molar-refractivity contribution in [1.29, 1.82) is 0 Å². The Kier molecular flexibility index (Phi) is 5.21. The molecule has 0 amide bonds. The van der Waals surface area contributed by atoms with Gasteiger partial charge < -0.3 is 5.73 Å². The van der Waals surface area contributed by atoms with Crippen LogP contribution in [0.4, 0.5) is 0 Å². The molecule has 2 aromatic carbocycles. The zero-order chi connectivity index (χ0) is 12.4. The molecule has 1 nitrogen and oxygen atoms in total. The van der Waals surface area contributed by atoms with Gasteiger partial charge in [-0.05, 0) is 42.7 Å². The van der Waals surface area contributed by atoms with Crippen LogP contribution in [0.5, 0.6) is 0 Å². The van der Waals surface area contributed by atoms with Gasteiger partial charge in [-0.2, -0.15) is 0 Å². The Balaban J connectivity index is 0.00000162. The van der Waals surface area contributed by atoms with Gasteiger partial charge in [0.15, 0.2) is 0 Å². The monoisotopic (exact) mass is 281 g/mol. The van der Waals surface area contributed by atoms with Gasteiger partial charge in [-0.25, -0.2) is 0 Å². The summed E-state index contributed by atoms with van der Waals surface area (Å²) < 4.78 is 0. The first-order valence-electron chi connectivity index (χ1n) is 5.66. The normalized spacial score (nSPS) is 11.8. The molecule has 0 radical (unpaired) electrons. The van der Waals surface area contributed by atoms with Gasteiger partial charge in [-0.15, -0.1) is 12.4 Å². The van der Waals surface area contributed by atoms with Crippen molar-refractivity contribution >= 4 is 24.0 Å². The minimum Gasteiger partial charge on any atom is -0.320 e. The fourth-order valence-electron chi connectivity index (χ4n) is 2.02. The fourth-order valence-corrected chi connectivity index (χ4v) is 2.15. The van der Waals surface area contributed by atoms with E-state index in [1.165, 1.54) is 11.1 Å². The molecule has 0 aromatic heterocycles. The van der Waals surface area contributed by atoms with Crippen molar-refractivity contribution in [3.05, 3.63) is 69.7 Å². The van der Waals surface area contributed by atoms with Gasteiger partial charge in [-0.3, -0.25) is 0 Å². The first kappa shape index (κ1) is 15.0. The summed E-state index contributed by atoms with van der Waals surface area (Å²) in [6.07, 6.45) is 0. The minimum absolute atomic E-state index is 0. The molecule has 2 aromatic rings. The zero-order valence-electron chi connectivity index (χ0n) is 10.5. The van der Waals surface area contributed by atoms with Crippen LogP contribution in [0.1, 0.15) is 28.3 Å². The number of hydrogen-bond donors (Lipinski definition) is 1. The summed E-state index contributed by atoms with van der Waals surface area (Å²) >= 11 is 5.87. The fraction of sp³-hybridized carbons (Fsp3) is 0.200. The minimum atomic E-state index is -0.0899. The zero-order valence-corrected chi connectivity index (χ0v) is 12.1. The smallest absolute Gasteiger partial charge is 0.0554 e. The van der Waals surface area contributed by atoms with E-state index < -0.39 is 0 Å². The van der Waals surface area contributed by atoms with E-state index in [1.807, 2.05) is 24.3 Å². The molecule has 1 unspecified atom stereocenters. The van der Waals surface area contributed by atoms with E-state index in [4.69, 9.17) is 17.3 Å². The van der Waals surface area contributed by atoms with Crippen molar-refractivity contribution in [3.63, 3.8) is 0 Å². The lowest BCUT2D eigenvalue weighted by Crippen LogP contribution is -2.13. The summed E-state index contributed by atoms with van der Waals surface area (Å²) in [4.78, 5) is 0.